The molecule has 23 heavy (non-hydrogen) atoms. The zero-order valence-corrected chi connectivity index (χ0v) is 12.9. The molecule has 5 heteroatoms. The minimum atomic E-state index is -0.913. The molecule has 1 aromatic carbocycles. The molecule has 0 fully saturated rings. The van der Waals surface area contributed by atoms with Crippen molar-refractivity contribution >= 4 is 22.8 Å². The Hall–Kier alpha value is -2.95. The number of nitrogens with zero attached hydrogens (tertiary/aromatic N) is 2. The van der Waals surface area contributed by atoms with Crippen molar-refractivity contribution in [1.29, 1.82) is 0 Å². The maximum Gasteiger partial charge on any atom is 0.307 e. The van der Waals surface area contributed by atoms with Crippen LogP contribution < -0.4 is 0 Å². The number of pyridine rings is 1. The molecule has 116 valence electrons. The first-order valence-electron chi connectivity index (χ1n) is 7.26. The number of aromatic nitrogens is 2. The van der Waals surface area contributed by atoms with E-state index in [-0.39, 0.29) is 12.3 Å². The molecule has 0 unspecified atom stereocenters. The maximum absolute atomic E-state index is 12.9. The number of aliphatic carboxylic acids is 1. The minimum absolute atomic E-state index is 0.111. The Morgan fingerprint density at radius 2 is 1.96 bits per heavy atom. The van der Waals surface area contributed by atoms with Gasteiger partial charge in [-0.3, -0.25) is 19.1 Å². The fourth-order valence-corrected chi connectivity index (χ4v) is 2.98. The van der Waals surface area contributed by atoms with Crippen LogP contribution in [0, 0.1) is 13.8 Å². The van der Waals surface area contributed by atoms with Crippen molar-refractivity contribution in [1.82, 2.24) is 9.55 Å². The highest BCUT2D eigenvalue weighted by Gasteiger charge is 2.22. The zero-order valence-electron chi connectivity index (χ0n) is 12.9. The SMILES string of the molecule is Cc1cccc2c1c(CC(=O)O)c(C)n2C(=O)c1cccnc1. The average molecular weight is 308 g/mol. The monoisotopic (exact) mass is 308 g/mol. The molecule has 0 spiro atoms. The van der Waals surface area contributed by atoms with Gasteiger partial charge in [-0.15, -0.1) is 0 Å². The van der Waals surface area contributed by atoms with E-state index in [1.807, 2.05) is 25.1 Å². The largest absolute Gasteiger partial charge is 0.481 e. The third-order valence-corrected chi connectivity index (χ3v) is 4.01. The second-order valence-corrected chi connectivity index (χ2v) is 5.49. The van der Waals surface area contributed by atoms with Gasteiger partial charge in [0.1, 0.15) is 0 Å². The number of hydrogen-bond acceptors (Lipinski definition) is 3. The van der Waals surface area contributed by atoms with Gasteiger partial charge in [0, 0.05) is 23.5 Å². The summed E-state index contributed by atoms with van der Waals surface area (Å²) in [6.07, 6.45) is 3.01. The van der Waals surface area contributed by atoms with E-state index in [0.29, 0.717) is 16.8 Å². The van der Waals surface area contributed by atoms with Crippen molar-refractivity contribution in [2.45, 2.75) is 20.3 Å². The summed E-state index contributed by atoms with van der Waals surface area (Å²) < 4.78 is 1.58. The van der Waals surface area contributed by atoms with Crippen LogP contribution >= 0.6 is 0 Å². The number of carboxylic acids is 1. The van der Waals surface area contributed by atoms with E-state index < -0.39 is 5.97 Å². The second-order valence-electron chi connectivity index (χ2n) is 5.49. The molecule has 0 aliphatic heterocycles. The predicted molar refractivity (Wildman–Crippen MR) is 86.7 cm³/mol. The third kappa shape index (κ3) is 2.50. The van der Waals surface area contributed by atoms with Gasteiger partial charge < -0.3 is 5.11 Å². The number of rotatable bonds is 3. The first kappa shape index (κ1) is 15.0. The second kappa shape index (κ2) is 5.68. The molecule has 0 saturated carbocycles. The first-order valence-corrected chi connectivity index (χ1v) is 7.26. The Balaban J connectivity index is 2.29. The van der Waals surface area contributed by atoms with Gasteiger partial charge in [0.05, 0.1) is 17.5 Å². The molecule has 5 nitrogen and oxygen atoms in total. The van der Waals surface area contributed by atoms with Crippen LogP contribution in [0.15, 0.2) is 42.7 Å². The summed E-state index contributed by atoms with van der Waals surface area (Å²) in [5, 5.41) is 10.0. The summed E-state index contributed by atoms with van der Waals surface area (Å²) in [5.41, 5.74) is 3.50. The normalized spacial score (nSPS) is 10.9. The Bertz CT molecular complexity index is 911. The van der Waals surface area contributed by atoms with Gasteiger partial charge in [0.25, 0.3) is 5.91 Å². The van der Waals surface area contributed by atoms with Crippen LogP contribution in [0.2, 0.25) is 0 Å². The van der Waals surface area contributed by atoms with Gasteiger partial charge in [-0.25, -0.2) is 0 Å². The summed E-state index contributed by atoms with van der Waals surface area (Å²) in [7, 11) is 0. The molecule has 0 amide bonds. The molecule has 0 atom stereocenters. The number of hydrogen-bond donors (Lipinski definition) is 1. The number of aryl methyl sites for hydroxylation is 1. The fourth-order valence-electron chi connectivity index (χ4n) is 2.98. The van der Waals surface area contributed by atoms with E-state index in [1.54, 1.807) is 29.8 Å². The van der Waals surface area contributed by atoms with Crippen LogP contribution in [0.25, 0.3) is 10.9 Å². The van der Waals surface area contributed by atoms with Crippen LogP contribution in [0.5, 0.6) is 0 Å². The van der Waals surface area contributed by atoms with Crippen LogP contribution in [-0.4, -0.2) is 26.5 Å². The minimum Gasteiger partial charge on any atom is -0.481 e. The Labute approximate surface area is 133 Å². The van der Waals surface area contributed by atoms with Gasteiger partial charge in [-0.05, 0) is 43.2 Å². The summed E-state index contributed by atoms with van der Waals surface area (Å²) in [4.78, 5) is 28.1. The predicted octanol–water partition coefficient (Wildman–Crippen LogP) is 2.97. The Morgan fingerprint density at radius 3 is 2.61 bits per heavy atom. The fraction of sp³-hybridized carbons (Fsp3) is 0.167. The van der Waals surface area contributed by atoms with Crippen molar-refractivity contribution in [2.75, 3.05) is 0 Å². The summed E-state index contributed by atoms with van der Waals surface area (Å²) in [5.74, 6) is -1.12. The molecule has 3 aromatic rings. The van der Waals surface area contributed by atoms with Gasteiger partial charge in [-0.1, -0.05) is 12.1 Å². The zero-order chi connectivity index (χ0) is 16.6. The first-order chi connectivity index (χ1) is 11.0. The van der Waals surface area contributed by atoms with E-state index in [2.05, 4.69) is 4.98 Å². The van der Waals surface area contributed by atoms with Gasteiger partial charge in [0.15, 0.2) is 0 Å². The number of fused-ring (bicyclic) bond motifs is 1. The molecule has 2 heterocycles. The van der Waals surface area contributed by atoms with E-state index in [9.17, 15) is 14.7 Å². The smallest absolute Gasteiger partial charge is 0.307 e. The summed E-state index contributed by atoms with van der Waals surface area (Å²) in [6.45, 7) is 3.71. The average Bonchev–Trinajstić information content (AvgIpc) is 2.80. The van der Waals surface area contributed by atoms with Crippen molar-refractivity contribution in [3.8, 4) is 0 Å². The highest BCUT2D eigenvalue weighted by atomic mass is 16.4. The quantitative estimate of drug-likeness (QED) is 0.807. The molecule has 0 aliphatic rings. The van der Waals surface area contributed by atoms with Gasteiger partial charge >= 0.3 is 5.97 Å². The van der Waals surface area contributed by atoms with E-state index >= 15 is 0 Å². The van der Waals surface area contributed by atoms with E-state index in [1.165, 1.54) is 6.20 Å². The molecular weight excluding hydrogens is 292 g/mol. The van der Waals surface area contributed by atoms with Crippen molar-refractivity contribution in [3.63, 3.8) is 0 Å². The van der Waals surface area contributed by atoms with Crippen molar-refractivity contribution < 1.29 is 14.7 Å². The topological polar surface area (TPSA) is 72.2 Å². The van der Waals surface area contributed by atoms with E-state index in [4.69, 9.17) is 0 Å². The van der Waals surface area contributed by atoms with E-state index in [0.717, 1.165) is 16.5 Å². The molecule has 0 bridgehead atoms. The summed E-state index contributed by atoms with van der Waals surface area (Å²) >= 11 is 0. The van der Waals surface area contributed by atoms with Crippen LogP contribution in [-0.2, 0) is 11.2 Å². The molecule has 0 radical (unpaired) electrons. The Morgan fingerprint density at radius 1 is 1.17 bits per heavy atom. The number of carboxylic acid groups (broad SMARTS) is 1. The number of benzene rings is 1. The van der Waals surface area contributed by atoms with Crippen molar-refractivity contribution in [3.05, 3.63) is 65.1 Å². The lowest BCUT2D eigenvalue weighted by atomic mass is 10.0. The van der Waals surface area contributed by atoms with Crippen molar-refractivity contribution in [2.24, 2.45) is 0 Å². The lowest BCUT2D eigenvalue weighted by molar-refractivity contribution is -0.136. The summed E-state index contributed by atoms with van der Waals surface area (Å²) in [6, 6.07) is 9.04. The highest BCUT2D eigenvalue weighted by Crippen LogP contribution is 2.30. The maximum atomic E-state index is 12.9. The number of carbonyl (C=O) groups is 2. The molecule has 3 rings (SSSR count). The van der Waals surface area contributed by atoms with Crippen LogP contribution in [0.3, 0.4) is 0 Å². The molecular formula is C18H16N2O3. The lowest BCUT2D eigenvalue weighted by Gasteiger charge is -2.07. The van der Waals surface area contributed by atoms with Crippen LogP contribution in [0.1, 0.15) is 27.2 Å². The molecule has 0 aliphatic carbocycles. The van der Waals surface area contributed by atoms with Gasteiger partial charge in [0.2, 0.25) is 0 Å². The van der Waals surface area contributed by atoms with Crippen LogP contribution in [0.4, 0.5) is 0 Å². The molecule has 0 saturated heterocycles. The third-order valence-electron chi connectivity index (χ3n) is 4.01. The molecule has 1 N–H and O–H groups in total. The standard InChI is InChI=1S/C18H16N2O3/c1-11-5-3-7-15-17(11)14(9-16(21)22)12(2)20(15)18(23)13-6-4-8-19-10-13/h3-8,10H,9H2,1-2H3,(H,21,22). The highest BCUT2D eigenvalue weighted by molar-refractivity contribution is 6.05. The molecule has 2 aromatic heterocycles. The van der Waals surface area contributed by atoms with Gasteiger partial charge in [-0.2, -0.15) is 0 Å². The number of carbonyl (C=O) groups excluding carboxylic acids is 1. The lowest BCUT2D eigenvalue weighted by Crippen LogP contribution is -2.14. The Kier molecular flexibility index (Phi) is 3.70.